The third kappa shape index (κ3) is 5.11. The normalized spacial score (nSPS) is 27.7. The quantitative estimate of drug-likeness (QED) is 0.529. The first-order chi connectivity index (χ1) is 14.1. The van der Waals surface area contributed by atoms with Gasteiger partial charge in [-0.3, -0.25) is 0 Å². The zero-order valence-electron chi connectivity index (χ0n) is 15.9. The number of halogens is 1. The van der Waals surface area contributed by atoms with Crippen molar-refractivity contribution >= 4 is 17.5 Å². The van der Waals surface area contributed by atoms with Gasteiger partial charge in [0, 0.05) is 17.8 Å². The summed E-state index contributed by atoms with van der Waals surface area (Å²) in [5.74, 6) is 0.379. The molecule has 6 bridgehead atoms. The fourth-order valence-electron chi connectivity index (χ4n) is 3.58. The number of anilines is 3. The Morgan fingerprint density at radius 1 is 1.14 bits per heavy atom. The number of fused-ring (bicyclic) bond motifs is 6. The molecule has 4 atom stereocenters. The van der Waals surface area contributed by atoms with Crippen molar-refractivity contribution < 1.29 is 24.1 Å². The number of hydrogen-bond acceptors (Lipinski definition) is 8. The lowest BCUT2D eigenvalue weighted by Gasteiger charge is -2.31. The van der Waals surface area contributed by atoms with Gasteiger partial charge < -0.3 is 30.3 Å². The summed E-state index contributed by atoms with van der Waals surface area (Å²) in [6, 6.07) is 7.00. The van der Waals surface area contributed by atoms with Gasteiger partial charge in [-0.2, -0.15) is 4.98 Å². The largest absolute Gasteiger partial charge is 0.491 e. The second-order valence-electron chi connectivity index (χ2n) is 7.45. The molecule has 4 rings (SSSR count). The Kier molecular flexibility index (Phi) is 6.08. The minimum atomic E-state index is -1.08. The molecule has 156 valence electrons. The van der Waals surface area contributed by atoms with E-state index in [-0.39, 0.29) is 37.1 Å². The molecule has 1 fully saturated rings. The van der Waals surface area contributed by atoms with Crippen molar-refractivity contribution in [1.82, 2.24) is 9.97 Å². The van der Waals surface area contributed by atoms with Gasteiger partial charge in [0.15, 0.2) is 11.6 Å². The Labute approximate surface area is 168 Å². The molecule has 8 nitrogen and oxygen atoms in total. The van der Waals surface area contributed by atoms with Gasteiger partial charge in [0.2, 0.25) is 5.95 Å². The predicted molar refractivity (Wildman–Crippen MR) is 105 cm³/mol. The predicted octanol–water partition coefficient (Wildman–Crippen LogP) is 2.21. The van der Waals surface area contributed by atoms with Gasteiger partial charge in [0.05, 0.1) is 18.9 Å². The molecule has 2 heterocycles. The van der Waals surface area contributed by atoms with Crippen molar-refractivity contribution in [1.29, 1.82) is 0 Å². The van der Waals surface area contributed by atoms with E-state index in [4.69, 9.17) is 9.47 Å². The van der Waals surface area contributed by atoms with Crippen LogP contribution < -0.4 is 15.4 Å². The molecule has 0 saturated heterocycles. The average Bonchev–Trinajstić information content (AvgIpc) is 2.73. The first-order valence-corrected chi connectivity index (χ1v) is 9.83. The van der Waals surface area contributed by atoms with E-state index in [1.165, 1.54) is 0 Å². The van der Waals surface area contributed by atoms with E-state index in [0.29, 0.717) is 17.9 Å². The number of hydrogen-bond donors (Lipinski definition) is 4. The molecular formula is C20H25FN4O4. The first-order valence-electron chi connectivity index (χ1n) is 9.83. The Balaban J connectivity index is 1.60. The van der Waals surface area contributed by atoms with Crippen molar-refractivity contribution in [3.63, 3.8) is 0 Å². The maximum absolute atomic E-state index is 14.3. The van der Waals surface area contributed by atoms with Crippen molar-refractivity contribution in [3.8, 4) is 5.75 Å². The molecule has 1 aromatic carbocycles. The van der Waals surface area contributed by atoms with Crippen molar-refractivity contribution in [2.45, 2.75) is 50.0 Å². The molecule has 1 aliphatic carbocycles. The number of ether oxygens (including phenoxy) is 2. The Hall–Kier alpha value is -2.49. The topological polar surface area (TPSA) is 109 Å². The zero-order valence-corrected chi connectivity index (χ0v) is 15.9. The lowest BCUT2D eigenvalue weighted by atomic mass is 9.92. The van der Waals surface area contributed by atoms with Crippen LogP contribution in [0.1, 0.15) is 25.7 Å². The highest BCUT2D eigenvalue weighted by molar-refractivity contribution is 5.57. The van der Waals surface area contributed by atoms with Crippen LogP contribution in [0.4, 0.5) is 21.8 Å². The van der Waals surface area contributed by atoms with Gasteiger partial charge >= 0.3 is 0 Å². The van der Waals surface area contributed by atoms with Gasteiger partial charge in [0.25, 0.3) is 0 Å². The van der Waals surface area contributed by atoms with Crippen LogP contribution in [0.25, 0.3) is 0 Å². The molecule has 1 saturated carbocycles. The van der Waals surface area contributed by atoms with Crippen molar-refractivity contribution in [2.75, 3.05) is 23.8 Å². The number of benzene rings is 1. The van der Waals surface area contributed by atoms with Crippen LogP contribution in [-0.4, -0.2) is 57.7 Å². The van der Waals surface area contributed by atoms with E-state index in [2.05, 4.69) is 20.6 Å². The van der Waals surface area contributed by atoms with Crippen LogP contribution in [0.3, 0.4) is 0 Å². The molecule has 9 heteroatoms. The summed E-state index contributed by atoms with van der Waals surface area (Å²) in [6.45, 7) is -0.0600. The average molecular weight is 404 g/mol. The maximum Gasteiger partial charge on any atom is 0.229 e. The van der Waals surface area contributed by atoms with Crippen LogP contribution in [-0.2, 0) is 4.74 Å². The standard InChI is InChI=1S/C20H25FN4O4/c21-16-9-22-20-24-13-4-2-6-15(8-13)29-11-18(27)17(26)10-28-14-5-1-3-12(7-14)23-19(16)25-20/h2,4,6,8-9,12,14,17-18,26-27H,1,3,5,7,10-11H2,(H2,22,23,24,25)/t12?,14?,17-,18+/m1/s1. The summed E-state index contributed by atoms with van der Waals surface area (Å²) in [7, 11) is 0. The third-order valence-electron chi connectivity index (χ3n) is 5.17. The van der Waals surface area contributed by atoms with Gasteiger partial charge in [-0.15, -0.1) is 0 Å². The third-order valence-corrected chi connectivity index (χ3v) is 5.17. The summed E-state index contributed by atoms with van der Waals surface area (Å²) in [4.78, 5) is 8.28. The Bertz CT molecular complexity index is 840. The van der Waals surface area contributed by atoms with Crippen LogP contribution >= 0.6 is 0 Å². The highest BCUT2D eigenvalue weighted by Crippen LogP contribution is 2.26. The van der Waals surface area contributed by atoms with Crippen LogP contribution in [0, 0.1) is 5.82 Å². The molecule has 1 aromatic heterocycles. The van der Waals surface area contributed by atoms with Crippen LogP contribution in [0.15, 0.2) is 30.5 Å². The molecule has 0 amide bonds. The molecule has 0 radical (unpaired) electrons. The van der Waals surface area contributed by atoms with E-state index in [1.54, 1.807) is 24.3 Å². The lowest BCUT2D eigenvalue weighted by molar-refractivity contribution is -0.0783. The van der Waals surface area contributed by atoms with E-state index in [0.717, 1.165) is 25.5 Å². The van der Waals surface area contributed by atoms with Gasteiger partial charge in [-0.05, 0) is 37.8 Å². The van der Waals surface area contributed by atoms with E-state index < -0.39 is 18.0 Å². The smallest absolute Gasteiger partial charge is 0.229 e. The summed E-state index contributed by atoms with van der Waals surface area (Å²) in [6.07, 6.45) is 2.20. The SMILES string of the molecule is O[C@@H]1COC2CCCC(C2)Nc2nc(ncc2F)Nc2cccc(c2)OC[C@@H]1O. The molecule has 0 spiro atoms. The number of aliphatic hydroxyl groups excluding tert-OH is 2. The molecular weight excluding hydrogens is 379 g/mol. The summed E-state index contributed by atoms with van der Waals surface area (Å²) >= 11 is 0. The van der Waals surface area contributed by atoms with E-state index >= 15 is 0 Å². The fourth-order valence-corrected chi connectivity index (χ4v) is 3.58. The maximum atomic E-state index is 14.3. The minimum Gasteiger partial charge on any atom is -0.491 e. The molecule has 29 heavy (non-hydrogen) atoms. The van der Waals surface area contributed by atoms with Crippen molar-refractivity contribution in [2.24, 2.45) is 0 Å². The summed E-state index contributed by atoms with van der Waals surface area (Å²) in [5, 5.41) is 26.6. The van der Waals surface area contributed by atoms with E-state index in [1.807, 2.05) is 0 Å². The van der Waals surface area contributed by atoms with Crippen LogP contribution in [0.5, 0.6) is 5.75 Å². The number of nitrogens with one attached hydrogen (secondary N) is 2. The number of aromatic nitrogens is 2. The second kappa shape index (κ2) is 8.89. The highest BCUT2D eigenvalue weighted by Gasteiger charge is 2.26. The number of rotatable bonds is 0. The van der Waals surface area contributed by atoms with Gasteiger partial charge in [-0.25, -0.2) is 9.37 Å². The Morgan fingerprint density at radius 3 is 2.90 bits per heavy atom. The van der Waals surface area contributed by atoms with Gasteiger partial charge in [-0.1, -0.05) is 6.07 Å². The summed E-state index contributed by atoms with van der Waals surface area (Å²) < 4.78 is 25.7. The van der Waals surface area contributed by atoms with E-state index in [9.17, 15) is 14.6 Å². The van der Waals surface area contributed by atoms with Gasteiger partial charge in [0.1, 0.15) is 24.6 Å². The molecule has 2 aromatic rings. The Morgan fingerprint density at radius 2 is 2.00 bits per heavy atom. The second-order valence-corrected chi connectivity index (χ2v) is 7.45. The molecule has 4 N–H and O–H groups in total. The molecule has 2 unspecified atom stereocenters. The van der Waals surface area contributed by atoms with Crippen molar-refractivity contribution in [3.05, 3.63) is 36.3 Å². The minimum absolute atomic E-state index is 0.00425. The van der Waals surface area contributed by atoms with Crippen LogP contribution in [0.2, 0.25) is 0 Å². The lowest BCUT2D eigenvalue weighted by Crippen LogP contribution is -2.38. The molecule has 1 aliphatic heterocycles. The number of aliphatic hydroxyl groups is 2. The highest BCUT2D eigenvalue weighted by atomic mass is 19.1. The number of nitrogens with zero attached hydrogens (tertiary/aromatic N) is 2. The fraction of sp³-hybridized carbons (Fsp3) is 0.500. The first kappa shape index (κ1) is 19.8. The monoisotopic (exact) mass is 404 g/mol. The molecule has 2 aliphatic rings. The summed E-state index contributed by atoms with van der Waals surface area (Å²) in [5.41, 5.74) is 0.653. The zero-order chi connectivity index (χ0) is 20.2.